The lowest BCUT2D eigenvalue weighted by Gasteiger charge is -2.05. The van der Waals surface area contributed by atoms with Crippen molar-refractivity contribution in [2.24, 2.45) is 11.8 Å². The number of hydrogen-bond donors (Lipinski definition) is 1. The molecular weight excluding hydrogens is 244 g/mol. The van der Waals surface area contributed by atoms with Gasteiger partial charge in [0.25, 0.3) is 0 Å². The highest BCUT2D eigenvalue weighted by atomic mass is 35.5. The van der Waals surface area contributed by atoms with Crippen molar-refractivity contribution in [3.8, 4) is 0 Å². The van der Waals surface area contributed by atoms with Gasteiger partial charge in [0.1, 0.15) is 5.52 Å². The first-order valence-electron chi connectivity index (χ1n) is 5.46. The number of nitrogens with zero attached hydrogens (tertiary/aromatic N) is 3. The fourth-order valence-corrected chi connectivity index (χ4v) is 2.89. The summed E-state index contributed by atoms with van der Waals surface area (Å²) < 4.78 is 7.02. The van der Waals surface area contributed by atoms with Gasteiger partial charge >= 0.3 is 5.69 Å². The third kappa shape index (κ3) is 1.22. The molecule has 1 aliphatic heterocycles. The van der Waals surface area contributed by atoms with Gasteiger partial charge in [0.05, 0.1) is 25.5 Å². The van der Waals surface area contributed by atoms with Crippen LogP contribution in [0.3, 0.4) is 0 Å². The Kier molecular flexibility index (Phi) is 1.74. The highest BCUT2D eigenvalue weighted by Gasteiger charge is 2.56. The van der Waals surface area contributed by atoms with E-state index in [0.29, 0.717) is 23.0 Å². The maximum atomic E-state index is 11.9. The number of H-pyrrole nitrogens is 1. The van der Waals surface area contributed by atoms with Crippen LogP contribution < -0.4 is 5.69 Å². The van der Waals surface area contributed by atoms with Crippen molar-refractivity contribution in [3.05, 3.63) is 22.0 Å². The van der Waals surface area contributed by atoms with Crippen LogP contribution in [0.4, 0.5) is 0 Å². The van der Waals surface area contributed by atoms with Crippen LogP contribution in [-0.2, 0) is 4.74 Å². The van der Waals surface area contributed by atoms with Crippen molar-refractivity contribution in [1.29, 1.82) is 0 Å². The van der Waals surface area contributed by atoms with E-state index < -0.39 is 0 Å². The van der Waals surface area contributed by atoms with Crippen LogP contribution in [0.5, 0.6) is 0 Å². The van der Waals surface area contributed by atoms with Gasteiger partial charge in [0.15, 0.2) is 5.65 Å². The number of nitrogens with one attached hydrogen (secondary N) is 1. The van der Waals surface area contributed by atoms with Crippen molar-refractivity contribution in [2.75, 3.05) is 13.2 Å². The van der Waals surface area contributed by atoms with Gasteiger partial charge < -0.3 is 9.72 Å². The predicted octanol–water partition coefficient (Wildman–Crippen LogP) is 0.590. The molecule has 0 spiro atoms. The predicted molar refractivity (Wildman–Crippen MR) is 60.0 cm³/mol. The van der Waals surface area contributed by atoms with Gasteiger partial charge in [-0.05, 0) is 11.6 Å². The van der Waals surface area contributed by atoms with E-state index in [1.807, 2.05) is 0 Å². The molecule has 2 aromatic rings. The summed E-state index contributed by atoms with van der Waals surface area (Å²) in [6.45, 7) is 1.46. The van der Waals surface area contributed by atoms with Gasteiger partial charge in [-0.2, -0.15) is 4.98 Å². The van der Waals surface area contributed by atoms with E-state index in [1.165, 1.54) is 6.20 Å². The van der Waals surface area contributed by atoms with E-state index in [9.17, 15) is 4.79 Å². The third-order valence-electron chi connectivity index (χ3n) is 3.63. The molecule has 7 heteroatoms. The van der Waals surface area contributed by atoms with Crippen LogP contribution in [0.25, 0.3) is 11.2 Å². The summed E-state index contributed by atoms with van der Waals surface area (Å²) in [5.74, 6) is 0.890. The molecule has 3 heterocycles. The Morgan fingerprint density at radius 2 is 2.24 bits per heavy atom. The minimum atomic E-state index is -0.143. The van der Waals surface area contributed by atoms with E-state index in [2.05, 4.69) is 15.0 Å². The number of hydrogen-bond acceptors (Lipinski definition) is 4. The Balaban J connectivity index is 1.92. The molecule has 2 aromatic heterocycles. The number of aromatic nitrogens is 4. The van der Waals surface area contributed by atoms with Crippen LogP contribution in [0.2, 0.25) is 5.28 Å². The zero-order valence-corrected chi connectivity index (χ0v) is 9.52. The summed E-state index contributed by atoms with van der Waals surface area (Å²) in [6, 6.07) is 0.205. The Morgan fingerprint density at radius 1 is 1.47 bits per heavy atom. The summed E-state index contributed by atoms with van der Waals surface area (Å²) in [7, 11) is 0. The number of fused-ring (bicyclic) bond motifs is 2. The second-order valence-corrected chi connectivity index (χ2v) is 4.87. The summed E-state index contributed by atoms with van der Waals surface area (Å²) in [4.78, 5) is 22.7. The van der Waals surface area contributed by atoms with E-state index in [4.69, 9.17) is 16.3 Å². The Hall–Kier alpha value is -1.40. The summed E-state index contributed by atoms with van der Waals surface area (Å²) >= 11 is 5.77. The van der Waals surface area contributed by atoms with Crippen LogP contribution >= 0.6 is 11.6 Å². The topological polar surface area (TPSA) is 72.8 Å². The maximum absolute atomic E-state index is 11.9. The standard InChI is InChI=1S/C10H9ClN4O2/c11-9-12-1-6-8(14-9)15(10(16)13-6)7-4-2-17-3-5(4)7/h1,4-5,7H,2-3H2,(H,13,16)/t4-,5+,7?. The Morgan fingerprint density at radius 3 is 3.00 bits per heavy atom. The molecule has 0 amide bonds. The van der Waals surface area contributed by atoms with Crippen LogP contribution in [0.1, 0.15) is 6.04 Å². The molecule has 3 atom stereocenters. The Bertz CT molecular complexity index is 654. The monoisotopic (exact) mass is 252 g/mol. The molecule has 88 valence electrons. The van der Waals surface area contributed by atoms with Gasteiger partial charge in [0.2, 0.25) is 5.28 Å². The number of halogens is 1. The average molecular weight is 253 g/mol. The second kappa shape index (κ2) is 3.08. The second-order valence-electron chi connectivity index (χ2n) is 4.53. The molecule has 4 rings (SSSR count). The number of imidazole rings is 1. The lowest BCUT2D eigenvalue weighted by atomic mass is 10.4. The molecule has 2 fully saturated rings. The summed E-state index contributed by atoms with van der Waals surface area (Å²) in [5.41, 5.74) is 1.08. The molecule has 0 bridgehead atoms. The fraction of sp³-hybridized carbons (Fsp3) is 0.500. The molecule has 0 radical (unpaired) electrons. The lowest BCUT2D eigenvalue weighted by molar-refractivity contribution is 0.152. The minimum Gasteiger partial charge on any atom is -0.381 e. The number of aromatic amines is 1. The van der Waals surface area contributed by atoms with Crippen molar-refractivity contribution >= 4 is 22.8 Å². The van der Waals surface area contributed by atoms with Crippen molar-refractivity contribution in [3.63, 3.8) is 0 Å². The SMILES string of the molecule is O=c1[nH]c2cnc(Cl)nc2n1C1[C@H]2COC[C@@H]12. The van der Waals surface area contributed by atoms with Gasteiger partial charge in [0, 0.05) is 11.8 Å². The van der Waals surface area contributed by atoms with Gasteiger partial charge in [-0.1, -0.05) is 0 Å². The summed E-state index contributed by atoms with van der Waals surface area (Å²) in [6.07, 6.45) is 1.54. The summed E-state index contributed by atoms with van der Waals surface area (Å²) in [5, 5.41) is 0.160. The zero-order valence-electron chi connectivity index (χ0n) is 8.76. The molecule has 1 N–H and O–H groups in total. The maximum Gasteiger partial charge on any atom is 0.327 e. The first kappa shape index (κ1) is 9.61. The van der Waals surface area contributed by atoms with Gasteiger partial charge in [-0.3, -0.25) is 4.57 Å². The fourth-order valence-electron chi connectivity index (χ4n) is 2.76. The third-order valence-corrected chi connectivity index (χ3v) is 3.82. The van der Waals surface area contributed by atoms with Gasteiger partial charge in [-0.15, -0.1) is 0 Å². The number of rotatable bonds is 1. The molecule has 1 saturated heterocycles. The Labute approximate surface area is 101 Å². The zero-order chi connectivity index (χ0) is 11.6. The molecule has 6 nitrogen and oxygen atoms in total. The van der Waals surface area contributed by atoms with Gasteiger partial charge in [-0.25, -0.2) is 9.78 Å². The molecule has 1 aliphatic carbocycles. The van der Waals surface area contributed by atoms with Crippen LogP contribution in [0.15, 0.2) is 11.0 Å². The molecule has 1 saturated carbocycles. The molecule has 17 heavy (non-hydrogen) atoms. The first-order chi connectivity index (χ1) is 8.25. The van der Waals surface area contributed by atoms with E-state index in [1.54, 1.807) is 4.57 Å². The highest BCUT2D eigenvalue weighted by molar-refractivity contribution is 6.28. The molecular formula is C10H9ClN4O2. The normalized spacial score (nSPS) is 30.8. The molecule has 0 aromatic carbocycles. The highest BCUT2D eigenvalue weighted by Crippen LogP contribution is 2.54. The van der Waals surface area contributed by atoms with Crippen LogP contribution in [-0.4, -0.2) is 32.7 Å². The average Bonchev–Trinajstić information content (AvgIpc) is 2.71. The van der Waals surface area contributed by atoms with Crippen molar-refractivity contribution in [1.82, 2.24) is 19.5 Å². The largest absolute Gasteiger partial charge is 0.381 e. The van der Waals surface area contributed by atoms with Crippen molar-refractivity contribution in [2.45, 2.75) is 6.04 Å². The lowest BCUT2D eigenvalue weighted by Crippen LogP contribution is -2.19. The quantitative estimate of drug-likeness (QED) is 0.754. The first-order valence-corrected chi connectivity index (χ1v) is 5.84. The van der Waals surface area contributed by atoms with E-state index in [0.717, 1.165) is 13.2 Å². The van der Waals surface area contributed by atoms with Crippen molar-refractivity contribution < 1.29 is 4.74 Å². The molecule has 2 aliphatic rings. The number of ether oxygens (including phenoxy) is 1. The van der Waals surface area contributed by atoms with E-state index in [-0.39, 0.29) is 17.0 Å². The minimum absolute atomic E-state index is 0.143. The smallest absolute Gasteiger partial charge is 0.327 e. The van der Waals surface area contributed by atoms with E-state index >= 15 is 0 Å². The van der Waals surface area contributed by atoms with Crippen LogP contribution in [0, 0.1) is 11.8 Å². The molecule has 1 unspecified atom stereocenters.